The van der Waals surface area contributed by atoms with Crippen molar-refractivity contribution in [1.82, 2.24) is 4.90 Å². The number of hydrogen-bond donors (Lipinski definition) is 0. The first-order valence-corrected chi connectivity index (χ1v) is 10.7. The predicted molar refractivity (Wildman–Crippen MR) is 112 cm³/mol. The van der Waals surface area contributed by atoms with E-state index in [0.29, 0.717) is 6.04 Å². The van der Waals surface area contributed by atoms with Gasteiger partial charge in [-0.1, -0.05) is 19.8 Å². The summed E-state index contributed by atoms with van der Waals surface area (Å²) in [4.78, 5) is 2.67. The van der Waals surface area contributed by atoms with E-state index in [9.17, 15) is 0 Å². The molecule has 0 bridgehead atoms. The molecule has 0 spiro atoms. The highest BCUT2D eigenvalue weighted by molar-refractivity contribution is 5.85. The van der Waals surface area contributed by atoms with Crippen LogP contribution < -0.4 is 18.9 Å². The minimum atomic E-state index is 0.290. The molecule has 0 aromatic heterocycles. The normalized spacial score (nSPS) is 18.9. The van der Waals surface area contributed by atoms with E-state index >= 15 is 0 Å². The maximum Gasteiger partial charge on any atom is 0.231 e. The third kappa shape index (κ3) is 2.94. The van der Waals surface area contributed by atoms with Crippen molar-refractivity contribution in [3.63, 3.8) is 0 Å². The molecule has 2 heterocycles. The summed E-state index contributed by atoms with van der Waals surface area (Å²) < 4.78 is 23.0. The lowest BCUT2D eigenvalue weighted by molar-refractivity contribution is 0.173. The van der Waals surface area contributed by atoms with Crippen LogP contribution in [0.1, 0.15) is 48.9 Å². The van der Waals surface area contributed by atoms with Crippen molar-refractivity contribution in [2.75, 3.05) is 34.1 Å². The number of unbranched alkanes of at least 4 members (excludes halogenated alkanes) is 2. The maximum atomic E-state index is 5.90. The van der Waals surface area contributed by atoms with Crippen molar-refractivity contribution in [2.24, 2.45) is 0 Å². The molecule has 1 atom stereocenters. The van der Waals surface area contributed by atoms with Gasteiger partial charge >= 0.3 is 0 Å². The van der Waals surface area contributed by atoms with E-state index in [1.807, 2.05) is 0 Å². The second-order valence-corrected chi connectivity index (χ2v) is 8.14. The van der Waals surface area contributed by atoms with Crippen LogP contribution in [0.15, 0.2) is 18.2 Å². The Morgan fingerprint density at radius 1 is 1.03 bits per heavy atom. The molecule has 0 saturated carbocycles. The van der Waals surface area contributed by atoms with Crippen LogP contribution in [0, 0.1) is 0 Å². The van der Waals surface area contributed by atoms with Crippen molar-refractivity contribution >= 4 is 0 Å². The zero-order valence-corrected chi connectivity index (χ0v) is 17.5. The highest BCUT2D eigenvalue weighted by Gasteiger charge is 2.38. The van der Waals surface area contributed by atoms with Crippen LogP contribution in [-0.2, 0) is 12.8 Å². The van der Waals surface area contributed by atoms with Crippen LogP contribution in [0.3, 0.4) is 0 Å². The Labute approximate surface area is 172 Å². The molecule has 2 aromatic carbocycles. The second kappa shape index (κ2) is 7.45. The molecule has 3 aliphatic rings. The molecule has 5 rings (SSSR count). The Kier molecular flexibility index (Phi) is 4.78. The molecule has 0 radical (unpaired) electrons. The van der Waals surface area contributed by atoms with Gasteiger partial charge in [-0.15, -0.1) is 0 Å². The van der Waals surface area contributed by atoms with Gasteiger partial charge in [-0.2, -0.15) is 0 Å². The van der Waals surface area contributed by atoms with E-state index in [2.05, 4.69) is 30.0 Å². The minimum Gasteiger partial charge on any atom is -0.493 e. The molecule has 0 fully saturated rings. The van der Waals surface area contributed by atoms with E-state index in [1.165, 1.54) is 47.1 Å². The smallest absolute Gasteiger partial charge is 0.231 e. The molecule has 0 amide bonds. The SMILES string of the molecule is CCCCCN1CCc2cc(OC)c(OC)c3c2C1Cc1cc2c(cc1-3)OCO2. The number of rotatable bonds is 6. The van der Waals surface area contributed by atoms with Crippen LogP contribution in [0.4, 0.5) is 0 Å². The summed E-state index contributed by atoms with van der Waals surface area (Å²) in [5, 5.41) is 0. The van der Waals surface area contributed by atoms with Crippen molar-refractivity contribution in [2.45, 2.75) is 45.1 Å². The van der Waals surface area contributed by atoms with Crippen molar-refractivity contribution in [3.05, 3.63) is 34.9 Å². The second-order valence-electron chi connectivity index (χ2n) is 8.14. The van der Waals surface area contributed by atoms with Crippen LogP contribution in [0.5, 0.6) is 23.0 Å². The summed E-state index contributed by atoms with van der Waals surface area (Å²) in [5.74, 6) is 3.30. The molecule has 154 valence electrons. The fourth-order valence-electron chi connectivity index (χ4n) is 5.18. The van der Waals surface area contributed by atoms with Crippen LogP contribution in [0.2, 0.25) is 0 Å². The molecule has 2 aliphatic heterocycles. The van der Waals surface area contributed by atoms with Crippen molar-refractivity contribution in [3.8, 4) is 34.1 Å². The Bertz CT molecular complexity index is 939. The van der Waals surface area contributed by atoms with Gasteiger partial charge in [-0.3, -0.25) is 4.90 Å². The standard InChI is InChI=1S/C24H29NO4/c1-4-5-6-8-25-9-7-15-11-21(26-2)24(27-3)23-17-13-20-19(28-14-29-20)12-16(17)10-18(25)22(15)23/h11-13,18H,4-10,14H2,1-3H3. The zero-order chi connectivity index (χ0) is 20.0. The van der Waals surface area contributed by atoms with Crippen LogP contribution in [-0.4, -0.2) is 39.0 Å². The minimum absolute atomic E-state index is 0.290. The topological polar surface area (TPSA) is 40.2 Å². The monoisotopic (exact) mass is 395 g/mol. The first-order chi connectivity index (χ1) is 14.2. The molecule has 2 aromatic rings. The molecule has 5 nitrogen and oxygen atoms in total. The predicted octanol–water partition coefficient (Wildman–Crippen LogP) is 4.75. The molecule has 29 heavy (non-hydrogen) atoms. The van der Waals surface area contributed by atoms with E-state index in [4.69, 9.17) is 18.9 Å². The molecule has 0 N–H and O–H groups in total. The van der Waals surface area contributed by atoms with Crippen LogP contribution >= 0.6 is 0 Å². The largest absolute Gasteiger partial charge is 0.493 e. The van der Waals surface area contributed by atoms with Gasteiger partial charge < -0.3 is 18.9 Å². The van der Waals surface area contributed by atoms with Gasteiger partial charge in [0.05, 0.1) is 14.2 Å². The number of methoxy groups -OCH3 is 2. The molecular formula is C24H29NO4. The average Bonchev–Trinajstić information content (AvgIpc) is 3.20. The number of ether oxygens (including phenoxy) is 4. The van der Waals surface area contributed by atoms with Gasteiger partial charge in [-0.25, -0.2) is 0 Å². The lowest BCUT2D eigenvalue weighted by Gasteiger charge is -2.42. The third-order valence-corrected chi connectivity index (χ3v) is 6.57. The van der Waals surface area contributed by atoms with Gasteiger partial charge in [-0.05, 0) is 66.3 Å². The maximum absolute atomic E-state index is 5.90. The van der Waals surface area contributed by atoms with Gasteiger partial charge in [0.25, 0.3) is 0 Å². The van der Waals surface area contributed by atoms with E-state index in [0.717, 1.165) is 48.9 Å². The number of hydrogen-bond acceptors (Lipinski definition) is 5. The first-order valence-electron chi connectivity index (χ1n) is 10.7. The molecule has 1 aliphatic carbocycles. The van der Waals surface area contributed by atoms with E-state index < -0.39 is 0 Å². The quantitative estimate of drug-likeness (QED) is 0.661. The fraction of sp³-hybridized carbons (Fsp3) is 0.500. The highest BCUT2D eigenvalue weighted by atomic mass is 16.7. The Balaban J connectivity index is 1.69. The summed E-state index contributed by atoms with van der Waals surface area (Å²) in [7, 11) is 3.45. The number of fused-ring (bicyclic) bond motifs is 3. The Morgan fingerprint density at radius 3 is 2.62 bits per heavy atom. The molecule has 5 heteroatoms. The van der Waals surface area contributed by atoms with Gasteiger partial charge in [0.1, 0.15) is 0 Å². The highest BCUT2D eigenvalue weighted by Crippen LogP contribution is 2.54. The molecular weight excluding hydrogens is 366 g/mol. The summed E-state index contributed by atoms with van der Waals surface area (Å²) in [6, 6.07) is 6.85. The van der Waals surface area contributed by atoms with Crippen molar-refractivity contribution in [1.29, 1.82) is 0 Å². The van der Waals surface area contributed by atoms with Crippen LogP contribution in [0.25, 0.3) is 11.1 Å². The summed E-state index contributed by atoms with van der Waals surface area (Å²) in [5.41, 5.74) is 6.46. The van der Waals surface area contributed by atoms with E-state index in [1.54, 1.807) is 14.2 Å². The Morgan fingerprint density at radius 2 is 1.86 bits per heavy atom. The van der Waals surface area contributed by atoms with Gasteiger partial charge in [0.2, 0.25) is 6.79 Å². The fourth-order valence-corrected chi connectivity index (χ4v) is 5.18. The summed E-state index contributed by atoms with van der Waals surface area (Å²) in [6.45, 7) is 4.79. The first kappa shape index (κ1) is 18.6. The lowest BCUT2D eigenvalue weighted by Crippen LogP contribution is -2.39. The zero-order valence-electron chi connectivity index (χ0n) is 17.5. The third-order valence-electron chi connectivity index (χ3n) is 6.57. The Hall–Kier alpha value is -2.40. The number of benzene rings is 2. The van der Waals surface area contributed by atoms with Gasteiger partial charge in [0, 0.05) is 18.2 Å². The summed E-state index contributed by atoms with van der Waals surface area (Å²) >= 11 is 0. The molecule has 0 saturated heterocycles. The van der Waals surface area contributed by atoms with Gasteiger partial charge in [0.15, 0.2) is 23.0 Å². The molecule has 1 unspecified atom stereocenters. The summed E-state index contributed by atoms with van der Waals surface area (Å²) in [6.07, 6.45) is 5.82. The number of nitrogens with zero attached hydrogens (tertiary/aromatic N) is 1. The lowest BCUT2D eigenvalue weighted by atomic mass is 9.76. The van der Waals surface area contributed by atoms with E-state index in [-0.39, 0.29) is 6.79 Å². The van der Waals surface area contributed by atoms with Crippen molar-refractivity contribution < 1.29 is 18.9 Å². The average molecular weight is 395 g/mol.